The van der Waals surface area contributed by atoms with E-state index in [-0.39, 0.29) is 29.7 Å². The van der Waals surface area contributed by atoms with Crippen LogP contribution in [0.4, 0.5) is 0 Å². The molecule has 0 fully saturated rings. The number of nitrogens with zero attached hydrogens (tertiary/aromatic N) is 2. The van der Waals surface area contributed by atoms with E-state index in [1.54, 1.807) is 0 Å². The number of fused-ring (bicyclic) bond motifs is 7. The van der Waals surface area contributed by atoms with E-state index in [2.05, 4.69) is 143 Å². The number of rotatable bonds is 5. The SMILES string of the molecule is [2H]c1c([2H])c([2H])c(-c2ccc(-c3cccc(-n4c5ccccc5c5ccc6c(c7ccccc7n6-c6cccc(-c7ccccc7)c6)c54)c3)cc2)c([2H])c1[2H]. The maximum atomic E-state index is 8.46. The van der Waals surface area contributed by atoms with E-state index in [4.69, 9.17) is 6.85 Å². The van der Waals surface area contributed by atoms with Crippen molar-refractivity contribution in [3.05, 3.63) is 194 Å². The molecular formula is C48H32N2. The van der Waals surface area contributed by atoms with E-state index in [1.165, 1.54) is 27.1 Å². The van der Waals surface area contributed by atoms with Crippen LogP contribution in [0.3, 0.4) is 0 Å². The molecule has 2 heteroatoms. The monoisotopic (exact) mass is 641 g/mol. The minimum Gasteiger partial charge on any atom is -0.309 e. The number of benzene rings is 8. The highest BCUT2D eigenvalue weighted by Gasteiger charge is 2.21. The summed E-state index contributed by atoms with van der Waals surface area (Å²) >= 11 is 0. The summed E-state index contributed by atoms with van der Waals surface area (Å²) in [6, 6.07) is 55.6. The minimum absolute atomic E-state index is 0.201. The van der Waals surface area contributed by atoms with Crippen molar-refractivity contribution in [1.29, 1.82) is 0 Å². The van der Waals surface area contributed by atoms with Crippen LogP contribution in [0, 0.1) is 0 Å². The zero-order valence-electron chi connectivity index (χ0n) is 32.0. The molecule has 2 nitrogen and oxygen atoms in total. The molecule has 10 aromatic rings. The van der Waals surface area contributed by atoms with Gasteiger partial charge in [0.25, 0.3) is 0 Å². The maximum absolute atomic E-state index is 8.46. The molecule has 2 aromatic heterocycles. The van der Waals surface area contributed by atoms with Crippen LogP contribution < -0.4 is 0 Å². The van der Waals surface area contributed by atoms with Crippen LogP contribution in [0.25, 0.3) is 88.4 Å². The molecule has 0 saturated heterocycles. The summed E-state index contributed by atoms with van der Waals surface area (Å²) in [7, 11) is 0. The molecular weight excluding hydrogens is 605 g/mol. The van der Waals surface area contributed by atoms with Crippen molar-refractivity contribution in [3.63, 3.8) is 0 Å². The number of para-hydroxylation sites is 2. The zero-order chi connectivity index (χ0) is 37.4. The predicted molar refractivity (Wildman–Crippen MR) is 211 cm³/mol. The predicted octanol–water partition coefficient (Wildman–Crippen LogP) is 12.9. The van der Waals surface area contributed by atoms with Gasteiger partial charge in [0.05, 0.1) is 28.9 Å². The lowest BCUT2D eigenvalue weighted by molar-refractivity contribution is 1.17. The Morgan fingerprint density at radius 2 is 0.880 bits per heavy atom. The Hall–Kier alpha value is -6.64. The van der Waals surface area contributed by atoms with E-state index in [0.29, 0.717) is 5.56 Å². The van der Waals surface area contributed by atoms with E-state index in [0.717, 1.165) is 50.1 Å². The molecule has 0 aliphatic heterocycles. The molecule has 0 atom stereocenters. The summed E-state index contributed by atoms with van der Waals surface area (Å²) in [6.07, 6.45) is 0. The second kappa shape index (κ2) is 11.5. The standard InChI is InChI=1S/C48H32N2/c1-3-13-33(14-4-1)35-25-27-36(28-26-35)38-18-12-20-40(32-38)50-44-23-9-7-21-41(44)42-29-30-46-47(48(42)50)43-22-8-10-24-45(43)49(46)39-19-11-17-37(31-39)34-15-5-2-6-16-34/h1-32H/i1D,3D,4D,13D,14D. The average molecular weight is 642 g/mol. The first-order valence-electron chi connectivity index (χ1n) is 19.3. The Kier molecular flexibility index (Phi) is 5.44. The molecule has 0 N–H and O–H groups in total. The lowest BCUT2D eigenvalue weighted by Gasteiger charge is -2.12. The van der Waals surface area contributed by atoms with Crippen LogP contribution in [0.1, 0.15) is 6.85 Å². The average Bonchev–Trinajstić information content (AvgIpc) is 3.76. The van der Waals surface area contributed by atoms with Gasteiger partial charge >= 0.3 is 0 Å². The van der Waals surface area contributed by atoms with Gasteiger partial charge in [-0.05, 0) is 75.8 Å². The molecule has 0 unspecified atom stereocenters. The fourth-order valence-corrected chi connectivity index (χ4v) is 7.56. The van der Waals surface area contributed by atoms with Crippen LogP contribution in [0.2, 0.25) is 0 Å². The van der Waals surface area contributed by atoms with Crippen molar-refractivity contribution in [1.82, 2.24) is 9.13 Å². The normalized spacial score (nSPS) is 13.0. The molecule has 2 heterocycles. The Bertz CT molecular complexity index is 3110. The van der Waals surface area contributed by atoms with Gasteiger partial charge in [0, 0.05) is 32.9 Å². The molecule has 0 saturated carbocycles. The summed E-state index contributed by atoms with van der Waals surface area (Å²) in [5.74, 6) is 0. The highest BCUT2D eigenvalue weighted by Crippen LogP contribution is 2.42. The Morgan fingerprint density at radius 3 is 1.58 bits per heavy atom. The molecule has 0 aliphatic rings. The fraction of sp³-hybridized carbons (Fsp3) is 0. The van der Waals surface area contributed by atoms with Crippen LogP contribution in [-0.4, -0.2) is 9.13 Å². The van der Waals surface area contributed by atoms with E-state index in [1.807, 2.05) is 30.3 Å². The van der Waals surface area contributed by atoms with Gasteiger partial charge in [-0.2, -0.15) is 0 Å². The summed E-state index contributed by atoms with van der Waals surface area (Å²) in [6.45, 7) is 0. The molecule has 0 bridgehead atoms. The van der Waals surface area contributed by atoms with E-state index < -0.39 is 6.04 Å². The summed E-state index contributed by atoms with van der Waals surface area (Å²) in [5, 5.41) is 4.72. The molecule has 10 rings (SSSR count). The van der Waals surface area contributed by atoms with Crippen LogP contribution in [0.5, 0.6) is 0 Å². The number of hydrogen-bond donors (Lipinski definition) is 0. The first-order chi connectivity index (χ1) is 26.9. The Morgan fingerprint density at radius 1 is 0.340 bits per heavy atom. The van der Waals surface area contributed by atoms with Crippen molar-refractivity contribution in [2.45, 2.75) is 0 Å². The van der Waals surface area contributed by atoms with Crippen LogP contribution >= 0.6 is 0 Å². The summed E-state index contributed by atoms with van der Waals surface area (Å²) in [5.41, 5.74) is 11.7. The fourth-order valence-electron chi connectivity index (χ4n) is 7.56. The van der Waals surface area contributed by atoms with Crippen molar-refractivity contribution >= 4 is 43.6 Å². The van der Waals surface area contributed by atoms with Gasteiger partial charge in [0.1, 0.15) is 0 Å². The van der Waals surface area contributed by atoms with Crippen LogP contribution in [-0.2, 0) is 0 Å². The van der Waals surface area contributed by atoms with Crippen molar-refractivity contribution in [3.8, 4) is 44.8 Å². The topological polar surface area (TPSA) is 9.86 Å². The van der Waals surface area contributed by atoms with Gasteiger partial charge in [0.2, 0.25) is 0 Å². The maximum Gasteiger partial charge on any atom is 0.0641 e. The van der Waals surface area contributed by atoms with Gasteiger partial charge in [0.15, 0.2) is 0 Å². The molecule has 50 heavy (non-hydrogen) atoms. The van der Waals surface area contributed by atoms with Gasteiger partial charge in [-0.3, -0.25) is 0 Å². The lowest BCUT2D eigenvalue weighted by atomic mass is 10.00. The lowest BCUT2D eigenvalue weighted by Crippen LogP contribution is -1.96. The Balaban J connectivity index is 1.17. The molecule has 0 amide bonds. The van der Waals surface area contributed by atoms with Crippen LogP contribution in [0.15, 0.2) is 194 Å². The molecule has 0 radical (unpaired) electrons. The second-order valence-corrected chi connectivity index (χ2v) is 12.6. The van der Waals surface area contributed by atoms with Crippen molar-refractivity contribution < 1.29 is 6.85 Å². The van der Waals surface area contributed by atoms with E-state index in [9.17, 15) is 0 Å². The number of hydrogen-bond acceptors (Lipinski definition) is 0. The first kappa shape index (κ1) is 23.6. The molecule has 234 valence electrons. The van der Waals surface area contributed by atoms with E-state index >= 15 is 0 Å². The first-order valence-corrected chi connectivity index (χ1v) is 16.8. The second-order valence-electron chi connectivity index (χ2n) is 12.6. The van der Waals surface area contributed by atoms with Crippen molar-refractivity contribution in [2.24, 2.45) is 0 Å². The number of aromatic nitrogens is 2. The Labute approximate surface area is 297 Å². The van der Waals surface area contributed by atoms with Gasteiger partial charge < -0.3 is 9.13 Å². The largest absolute Gasteiger partial charge is 0.309 e. The van der Waals surface area contributed by atoms with Gasteiger partial charge in [-0.1, -0.05) is 152 Å². The zero-order valence-corrected chi connectivity index (χ0v) is 27.0. The minimum atomic E-state index is -0.392. The third-order valence-electron chi connectivity index (χ3n) is 9.79. The third-order valence-corrected chi connectivity index (χ3v) is 9.79. The molecule has 0 aliphatic carbocycles. The quantitative estimate of drug-likeness (QED) is 0.177. The third kappa shape index (κ3) is 4.50. The smallest absolute Gasteiger partial charge is 0.0641 e. The summed E-state index contributed by atoms with van der Waals surface area (Å²) < 4.78 is 45.9. The highest BCUT2D eigenvalue weighted by molar-refractivity contribution is 6.26. The van der Waals surface area contributed by atoms with Gasteiger partial charge in [-0.15, -0.1) is 0 Å². The van der Waals surface area contributed by atoms with Crippen molar-refractivity contribution in [2.75, 3.05) is 0 Å². The summed E-state index contributed by atoms with van der Waals surface area (Å²) in [4.78, 5) is 0. The highest BCUT2D eigenvalue weighted by atomic mass is 15.0. The molecule has 0 spiro atoms. The van der Waals surface area contributed by atoms with Gasteiger partial charge in [-0.25, -0.2) is 0 Å². The molecule has 8 aromatic carbocycles.